The van der Waals surface area contributed by atoms with E-state index in [-0.39, 0.29) is 12.1 Å². The topological polar surface area (TPSA) is 45.6 Å². The van der Waals surface area contributed by atoms with Gasteiger partial charge in [-0.15, -0.1) is 0 Å². The molecule has 2 saturated heterocycles. The van der Waals surface area contributed by atoms with Crippen LogP contribution in [0.2, 0.25) is 0 Å². The quantitative estimate of drug-likeness (QED) is 0.333. The molecule has 2 aromatic carbocycles. The Morgan fingerprint density at radius 1 is 0.868 bits per heavy atom. The average Bonchev–Trinajstić information content (AvgIpc) is 3.44. The van der Waals surface area contributed by atoms with Crippen molar-refractivity contribution in [2.45, 2.75) is 32.9 Å². The van der Waals surface area contributed by atoms with Crippen molar-refractivity contribution in [1.82, 2.24) is 14.9 Å². The molecule has 2 aliphatic rings. The van der Waals surface area contributed by atoms with E-state index in [9.17, 15) is 0 Å². The van der Waals surface area contributed by atoms with Gasteiger partial charge in [0.1, 0.15) is 0 Å². The van der Waals surface area contributed by atoms with Crippen LogP contribution < -0.4 is 15.1 Å². The molecule has 6 rings (SSSR count). The molecule has 2 atom stereocenters. The first-order valence-corrected chi connectivity index (χ1v) is 13.6. The summed E-state index contributed by atoms with van der Waals surface area (Å²) in [4.78, 5) is 9.37. The Morgan fingerprint density at radius 3 is 2.34 bits per heavy atom. The van der Waals surface area contributed by atoms with E-state index in [1.165, 1.54) is 33.9 Å². The Hall–Kier alpha value is -3.68. The van der Waals surface area contributed by atoms with Crippen LogP contribution in [0.1, 0.15) is 40.3 Å². The lowest BCUT2D eigenvalue weighted by Crippen LogP contribution is -2.36. The van der Waals surface area contributed by atoms with Gasteiger partial charge in [0, 0.05) is 47.7 Å². The largest absolute Gasteiger partial charge is 0.378 e. The van der Waals surface area contributed by atoms with Gasteiger partial charge in [0.15, 0.2) is 5.11 Å². The number of hydrogen-bond donors (Lipinski definition) is 1. The fourth-order valence-corrected chi connectivity index (χ4v) is 6.19. The molecule has 0 aliphatic carbocycles. The number of nitrogens with one attached hydrogen (secondary N) is 1. The lowest BCUT2D eigenvalue weighted by Gasteiger charge is -2.31. The summed E-state index contributed by atoms with van der Waals surface area (Å²) in [6.07, 6.45) is 1.85. The molecule has 4 aromatic rings. The molecule has 6 nitrogen and oxygen atoms in total. The van der Waals surface area contributed by atoms with Crippen LogP contribution in [0.15, 0.2) is 79.0 Å². The number of aromatic nitrogens is 2. The van der Waals surface area contributed by atoms with Gasteiger partial charge in [-0.1, -0.05) is 18.2 Å². The van der Waals surface area contributed by atoms with Crippen molar-refractivity contribution < 1.29 is 4.74 Å². The van der Waals surface area contributed by atoms with Crippen molar-refractivity contribution >= 4 is 28.7 Å². The Labute approximate surface area is 229 Å². The third-order valence-corrected chi connectivity index (χ3v) is 7.97. The van der Waals surface area contributed by atoms with Gasteiger partial charge in [0.2, 0.25) is 0 Å². The number of thiocarbonyl (C=S) groups is 1. The number of benzene rings is 2. The van der Waals surface area contributed by atoms with E-state index in [1.807, 2.05) is 18.3 Å². The van der Waals surface area contributed by atoms with Crippen molar-refractivity contribution in [1.29, 1.82) is 0 Å². The van der Waals surface area contributed by atoms with E-state index >= 15 is 0 Å². The van der Waals surface area contributed by atoms with Crippen LogP contribution in [0, 0.1) is 20.8 Å². The molecule has 4 heterocycles. The van der Waals surface area contributed by atoms with Gasteiger partial charge in [-0.3, -0.25) is 4.98 Å². The molecule has 0 spiro atoms. The summed E-state index contributed by atoms with van der Waals surface area (Å²) in [6.45, 7) is 9.89. The molecule has 2 aromatic heterocycles. The lowest BCUT2D eigenvalue weighted by molar-refractivity contribution is 0.122. The molecular weight excluding hydrogens is 490 g/mol. The van der Waals surface area contributed by atoms with Crippen LogP contribution in [0.5, 0.6) is 0 Å². The minimum Gasteiger partial charge on any atom is -0.378 e. The Balaban J connectivity index is 1.43. The molecule has 0 radical (unpaired) electrons. The highest BCUT2D eigenvalue weighted by atomic mass is 32.1. The molecule has 0 unspecified atom stereocenters. The lowest BCUT2D eigenvalue weighted by atomic mass is 9.96. The van der Waals surface area contributed by atoms with Gasteiger partial charge in [-0.25, -0.2) is 0 Å². The van der Waals surface area contributed by atoms with Crippen molar-refractivity contribution in [2.75, 3.05) is 36.1 Å². The predicted molar refractivity (Wildman–Crippen MR) is 157 cm³/mol. The van der Waals surface area contributed by atoms with Crippen molar-refractivity contribution in [3.05, 3.63) is 107 Å². The highest BCUT2D eigenvalue weighted by Crippen LogP contribution is 2.44. The first-order chi connectivity index (χ1) is 18.5. The van der Waals surface area contributed by atoms with Gasteiger partial charge in [-0.2, -0.15) is 0 Å². The molecule has 0 amide bonds. The fraction of sp³-hybridized carbons (Fsp3) is 0.290. The number of hydrogen-bond acceptors (Lipinski definition) is 4. The molecule has 38 heavy (non-hydrogen) atoms. The van der Waals surface area contributed by atoms with Crippen LogP contribution in [-0.4, -0.2) is 41.0 Å². The monoisotopic (exact) mass is 523 g/mol. The summed E-state index contributed by atoms with van der Waals surface area (Å²) in [5.41, 5.74) is 9.33. The zero-order chi connectivity index (χ0) is 26.2. The zero-order valence-electron chi connectivity index (χ0n) is 22.1. The third-order valence-electron chi connectivity index (χ3n) is 7.65. The molecular formula is C31H33N5OS. The highest BCUT2D eigenvalue weighted by molar-refractivity contribution is 7.80. The molecule has 0 bridgehead atoms. The van der Waals surface area contributed by atoms with Gasteiger partial charge < -0.3 is 24.4 Å². The Bertz CT molecular complexity index is 1440. The summed E-state index contributed by atoms with van der Waals surface area (Å²) >= 11 is 5.98. The van der Waals surface area contributed by atoms with Gasteiger partial charge >= 0.3 is 0 Å². The summed E-state index contributed by atoms with van der Waals surface area (Å²) in [5.74, 6) is 0. The predicted octanol–water partition coefficient (Wildman–Crippen LogP) is 5.81. The highest BCUT2D eigenvalue weighted by Gasteiger charge is 2.42. The van der Waals surface area contributed by atoms with E-state index in [0.29, 0.717) is 5.11 Å². The second kappa shape index (κ2) is 10.2. The number of ether oxygens (including phenoxy) is 1. The Morgan fingerprint density at radius 2 is 1.63 bits per heavy atom. The number of nitrogens with zero attached hydrogens (tertiary/aromatic N) is 4. The van der Waals surface area contributed by atoms with E-state index in [0.717, 1.165) is 37.7 Å². The maximum Gasteiger partial charge on any atom is 0.174 e. The van der Waals surface area contributed by atoms with Crippen LogP contribution >= 0.6 is 12.2 Å². The number of morpholine rings is 1. The molecule has 0 saturated carbocycles. The Kier molecular flexibility index (Phi) is 6.64. The van der Waals surface area contributed by atoms with Crippen molar-refractivity contribution in [2.24, 2.45) is 0 Å². The zero-order valence-corrected chi connectivity index (χ0v) is 22.9. The van der Waals surface area contributed by atoms with E-state index in [2.05, 4.69) is 101 Å². The van der Waals surface area contributed by atoms with Crippen LogP contribution in [0.4, 0.5) is 11.4 Å². The first kappa shape index (κ1) is 24.6. The molecule has 1 N–H and O–H groups in total. The molecule has 194 valence electrons. The number of rotatable bonds is 5. The average molecular weight is 524 g/mol. The summed E-state index contributed by atoms with van der Waals surface area (Å²) < 4.78 is 7.88. The summed E-state index contributed by atoms with van der Waals surface area (Å²) in [5, 5.41) is 4.32. The maximum absolute atomic E-state index is 5.98. The van der Waals surface area contributed by atoms with Crippen molar-refractivity contribution in [3.8, 4) is 5.69 Å². The van der Waals surface area contributed by atoms with E-state index < -0.39 is 0 Å². The molecule has 7 heteroatoms. The van der Waals surface area contributed by atoms with E-state index in [4.69, 9.17) is 21.9 Å². The first-order valence-electron chi connectivity index (χ1n) is 13.2. The summed E-state index contributed by atoms with van der Waals surface area (Å²) in [7, 11) is 0. The number of pyridine rings is 1. The standard InChI is InChI=1S/C31H33N5OS/c1-21-7-6-8-26(19-21)35-22(2)20-27(23(35)3)30-29(28-9-4-5-14-32-28)33-31(38)36(30)25-12-10-24(11-13-25)34-15-17-37-18-16-34/h4-14,19-20,29-30H,15-18H2,1-3H3,(H,33,38)/t29-,30-/m0/s1. The molecule has 2 fully saturated rings. The van der Waals surface area contributed by atoms with Crippen LogP contribution in [0.25, 0.3) is 5.69 Å². The van der Waals surface area contributed by atoms with Crippen molar-refractivity contribution in [3.63, 3.8) is 0 Å². The minimum atomic E-state index is -0.0749. The second-order valence-electron chi connectivity index (χ2n) is 10.1. The van der Waals surface area contributed by atoms with Crippen LogP contribution in [-0.2, 0) is 4.74 Å². The SMILES string of the molecule is Cc1cccc(-n2c(C)cc([C@H]3[C@H](c4ccccn4)NC(=S)N3c3ccc(N4CCOCC4)cc3)c2C)c1. The second-order valence-corrected chi connectivity index (χ2v) is 10.5. The molecule has 2 aliphatic heterocycles. The summed E-state index contributed by atoms with van der Waals surface area (Å²) in [6, 6.07) is 25.7. The maximum atomic E-state index is 5.98. The van der Waals surface area contributed by atoms with Gasteiger partial charge in [0.05, 0.1) is 31.0 Å². The van der Waals surface area contributed by atoms with Gasteiger partial charge in [0.25, 0.3) is 0 Å². The minimum absolute atomic E-state index is 0.0450. The fourth-order valence-electron chi connectivity index (χ4n) is 5.85. The smallest absolute Gasteiger partial charge is 0.174 e. The van der Waals surface area contributed by atoms with Gasteiger partial charge in [-0.05, 0) is 98.7 Å². The number of anilines is 2. The number of aryl methyl sites for hydroxylation is 2. The third kappa shape index (κ3) is 4.46. The normalized spacial score (nSPS) is 19.6. The van der Waals surface area contributed by atoms with Crippen LogP contribution in [0.3, 0.4) is 0 Å². The van der Waals surface area contributed by atoms with E-state index in [1.54, 1.807) is 0 Å².